The van der Waals surface area contributed by atoms with Crippen molar-refractivity contribution in [2.75, 3.05) is 34.3 Å². The van der Waals surface area contributed by atoms with Gasteiger partial charge in [0.15, 0.2) is 12.6 Å². The number of ketones is 1. The molecule has 0 spiro atoms. The molecule has 3 aliphatic rings. The van der Waals surface area contributed by atoms with Crippen LogP contribution in [0.25, 0.3) is 0 Å². The van der Waals surface area contributed by atoms with E-state index in [9.17, 15) is 45.2 Å². The first-order chi connectivity index (χ1) is 30.7. The van der Waals surface area contributed by atoms with E-state index in [1.54, 1.807) is 60.6 Å². The normalized spacial score (nSPS) is 41.4. The molecule has 1 aromatic carbocycles. The van der Waals surface area contributed by atoms with Crippen LogP contribution in [0.4, 0.5) is 5.69 Å². The smallest absolute Gasteiger partial charge is 0.311 e. The molecular formula is C48H81N3O15. The van der Waals surface area contributed by atoms with Crippen LogP contribution in [0.5, 0.6) is 0 Å². The van der Waals surface area contributed by atoms with E-state index in [0.717, 1.165) is 0 Å². The molecule has 3 saturated heterocycles. The number of cyclic esters (lactones) is 1. The number of carbonyl (C=O) groups excluding carboxylic acids is 2. The number of nitro groups is 1. The summed E-state index contributed by atoms with van der Waals surface area (Å²) < 4.78 is 38.0. The number of likely N-dealkylation sites (N-methyl/N-ethyl adjacent to an activating group) is 2. The molecule has 3 heterocycles. The third-order valence-electron chi connectivity index (χ3n) is 14.6. The number of non-ortho nitro benzene ring substituents is 1. The number of esters is 1. The molecule has 0 aromatic heterocycles. The van der Waals surface area contributed by atoms with Crippen molar-refractivity contribution in [1.29, 1.82) is 0 Å². The third kappa shape index (κ3) is 13.5. The molecule has 18 heteroatoms. The topological polar surface area (TPSA) is 240 Å². The molecule has 0 radical (unpaired) electrons. The summed E-state index contributed by atoms with van der Waals surface area (Å²) in [4.78, 5) is 41.7. The fourth-order valence-electron chi connectivity index (χ4n) is 10.4. The van der Waals surface area contributed by atoms with Crippen molar-refractivity contribution in [3.8, 4) is 0 Å². The Morgan fingerprint density at radius 2 is 1.62 bits per heavy atom. The molecule has 66 heavy (non-hydrogen) atoms. The SMILES string of the molecule is CC[C@H]1OC(=O)[C@H](C)[C@@H](O[C@H]2C[C@@](C)(OC)[C@@H](O)[C@H](C)O2)[C@H](C)[C@@H](O[C@@H]2O[C@H](C)C[C@H](N(C)CCCC(=O)Cc3ccc([N+](=O)[O-])cc3)[C@H]2O)[C@](C)(O)C[C@@H](C)CN(C)[C@H](C)[C@@H](O)[C@]1(C)O. The van der Waals surface area contributed by atoms with Gasteiger partial charge in [-0.3, -0.25) is 19.7 Å². The van der Waals surface area contributed by atoms with Gasteiger partial charge in [-0.25, -0.2) is 0 Å². The van der Waals surface area contributed by atoms with Gasteiger partial charge in [0.1, 0.15) is 35.8 Å². The van der Waals surface area contributed by atoms with Crippen molar-refractivity contribution in [3.05, 3.63) is 39.9 Å². The van der Waals surface area contributed by atoms with E-state index in [-0.39, 0.29) is 49.5 Å². The maximum atomic E-state index is 14.4. The Bertz CT molecular complexity index is 1730. The van der Waals surface area contributed by atoms with E-state index >= 15 is 0 Å². The first-order valence-corrected chi connectivity index (χ1v) is 23.7. The van der Waals surface area contributed by atoms with Crippen LogP contribution in [-0.4, -0.2) is 177 Å². The molecule has 3 aliphatic heterocycles. The second-order valence-corrected chi connectivity index (χ2v) is 20.4. The Hall–Kier alpha value is -2.72. The van der Waals surface area contributed by atoms with E-state index < -0.39 is 113 Å². The van der Waals surface area contributed by atoms with E-state index in [2.05, 4.69) is 0 Å². The van der Waals surface area contributed by atoms with Gasteiger partial charge in [0.25, 0.3) is 5.69 Å². The standard InChI is InChI=1S/C48H81N3O15/c1-14-37-48(10,58)41(54)31(6)50(12)26-27(2)24-46(8,57)43(29(4)40(30(5)44(56)64-37)65-38-25-47(9,61-13)42(55)32(7)63-38)66-45-39(53)36(22-28(3)62-45)49(11)21-15-16-35(52)23-33-17-19-34(20-18-33)51(59)60/h17-20,27-32,36-43,45,53-55,57-58H,14-16,21-26H2,1-13H3/t27-,28-,29+,30-,31-,32+,36+,37-,38+,39-,40+,41-,42+,43-,45+,46-,47-,48-/m1/s1. The predicted octanol–water partition coefficient (Wildman–Crippen LogP) is 3.77. The summed E-state index contributed by atoms with van der Waals surface area (Å²) in [6.07, 6.45) is -8.50. The van der Waals surface area contributed by atoms with Crippen molar-refractivity contribution in [3.63, 3.8) is 0 Å². The molecular weight excluding hydrogens is 859 g/mol. The number of ether oxygens (including phenoxy) is 6. The summed E-state index contributed by atoms with van der Waals surface area (Å²) in [7, 11) is 5.16. The Morgan fingerprint density at radius 1 is 0.985 bits per heavy atom. The van der Waals surface area contributed by atoms with Crippen LogP contribution >= 0.6 is 0 Å². The second-order valence-electron chi connectivity index (χ2n) is 20.4. The van der Waals surface area contributed by atoms with Crippen LogP contribution in [0.3, 0.4) is 0 Å². The third-order valence-corrected chi connectivity index (χ3v) is 14.6. The highest BCUT2D eigenvalue weighted by atomic mass is 16.7. The molecule has 1 aromatic rings. The zero-order valence-electron chi connectivity index (χ0n) is 41.5. The fraction of sp³-hybridized carbons (Fsp3) is 0.833. The minimum Gasteiger partial charge on any atom is -0.459 e. The van der Waals surface area contributed by atoms with Crippen molar-refractivity contribution in [1.82, 2.24) is 9.80 Å². The largest absolute Gasteiger partial charge is 0.459 e. The zero-order valence-corrected chi connectivity index (χ0v) is 41.5. The van der Waals surface area contributed by atoms with Crippen molar-refractivity contribution >= 4 is 17.4 Å². The van der Waals surface area contributed by atoms with E-state index in [1.807, 2.05) is 37.7 Å². The average molecular weight is 940 g/mol. The highest BCUT2D eigenvalue weighted by molar-refractivity contribution is 5.80. The number of Topliss-reactive ketones (excluding diaryl/α,β-unsaturated/α-hetero) is 1. The number of methoxy groups -OCH3 is 1. The summed E-state index contributed by atoms with van der Waals surface area (Å²) in [5.74, 6) is -2.89. The van der Waals surface area contributed by atoms with Crippen LogP contribution in [0.1, 0.15) is 113 Å². The van der Waals surface area contributed by atoms with Crippen LogP contribution in [0, 0.1) is 27.9 Å². The highest BCUT2D eigenvalue weighted by Crippen LogP contribution is 2.40. The molecule has 0 amide bonds. The number of hydrogen-bond donors (Lipinski definition) is 5. The minimum atomic E-state index is -1.85. The first kappa shape index (κ1) is 55.9. The van der Waals surface area contributed by atoms with Crippen LogP contribution in [0.15, 0.2) is 24.3 Å². The maximum Gasteiger partial charge on any atom is 0.311 e. The summed E-state index contributed by atoms with van der Waals surface area (Å²) in [5, 5.41) is 70.3. The lowest BCUT2D eigenvalue weighted by Crippen LogP contribution is -2.60. The van der Waals surface area contributed by atoms with Gasteiger partial charge in [-0.1, -0.05) is 32.9 Å². The van der Waals surface area contributed by atoms with Crippen LogP contribution in [0.2, 0.25) is 0 Å². The quantitative estimate of drug-likeness (QED) is 0.101. The maximum absolute atomic E-state index is 14.4. The molecule has 378 valence electrons. The Morgan fingerprint density at radius 3 is 2.21 bits per heavy atom. The van der Waals surface area contributed by atoms with E-state index in [1.165, 1.54) is 26.2 Å². The fourth-order valence-corrected chi connectivity index (χ4v) is 10.4. The summed E-state index contributed by atoms with van der Waals surface area (Å²) in [6, 6.07) is 4.86. The average Bonchev–Trinajstić information content (AvgIpc) is 3.24. The molecule has 0 aliphatic carbocycles. The lowest BCUT2D eigenvalue weighted by Gasteiger charge is -2.49. The van der Waals surface area contributed by atoms with Crippen molar-refractivity contribution < 1.29 is 68.5 Å². The van der Waals surface area contributed by atoms with Gasteiger partial charge in [-0.05, 0) is 106 Å². The molecule has 18 atom stereocenters. The number of aliphatic hydroxyl groups excluding tert-OH is 3. The Balaban J connectivity index is 1.67. The number of aliphatic hydroxyl groups is 5. The first-order valence-electron chi connectivity index (χ1n) is 23.7. The molecule has 4 rings (SSSR count). The van der Waals surface area contributed by atoms with Gasteiger partial charge in [-0.2, -0.15) is 0 Å². The van der Waals surface area contributed by atoms with Gasteiger partial charge in [0, 0.05) is 63.1 Å². The summed E-state index contributed by atoms with van der Waals surface area (Å²) in [5.41, 5.74) is -3.94. The summed E-state index contributed by atoms with van der Waals surface area (Å²) >= 11 is 0. The molecule has 18 nitrogen and oxygen atoms in total. The van der Waals surface area contributed by atoms with E-state index in [4.69, 9.17) is 28.4 Å². The number of rotatable bonds is 14. The van der Waals surface area contributed by atoms with Gasteiger partial charge in [0.2, 0.25) is 0 Å². The number of hydrogen-bond acceptors (Lipinski definition) is 17. The number of nitrogens with zero attached hydrogens (tertiary/aromatic N) is 3. The van der Waals surface area contributed by atoms with Gasteiger partial charge >= 0.3 is 5.97 Å². The van der Waals surface area contributed by atoms with Gasteiger partial charge < -0.3 is 63.8 Å². The monoisotopic (exact) mass is 940 g/mol. The molecule has 3 fully saturated rings. The van der Waals surface area contributed by atoms with E-state index in [0.29, 0.717) is 31.5 Å². The Labute approximate surface area is 391 Å². The number of benzene rings is 1. The number of nitro benzene ring substituents is 1. The second kappa shape index (κ2) is 23.3. The molecule has 5 N–H and O–H groups in total. The summed E-state index contributed by atoms with van der Waals surface area (Å²) in [6.45, 7) is 18.2. The highest BCUT2D eigenvalue weighted by Gasteiger charge is 2.53. The van der Waals surface area contributed by atoms with Gasteiger partial charge in [-0.15, -0.1) is 0 Å². The lowest BCUT2D eigenvalue weighted by molar-refractivity contribution is -0.384. The van der Waals surface area contributed by atoms with Gasteiger partial charge in [0.05, 0.1) is 46.5 Å². The lowest BCUT2D eigenvalue weighted by atomic mass is 9.77. The Kier molecular flexibility index (Phi) is 19.7. The van der Waals surface area contributed by atoms with Crippen molar-refractivity contribution in [2.24, 2.45) is 17.8 Å². The molecule has 0 bridgehead atoms. The van der Waals surface area contributed by atoms with Crippen LogP contribution in [-0.2, 0) is 44.4 Å². The zero-order chi connectivity index (χ0) is 49.6. The van der Waals surface area contributed by atoms with Crippen molar-refractivity contribution in [2.45, 2.75) is 204 Å². The molecule has 0 saturated carbocycles. The predicted molar refractivity (Wildman–Crippen MR) is 244 cm³/mol. The molecule has 0 unspecified atom stereocenters. The number of carbonyl (C=O) groups is 2. The minimum absolute atomic E-state index is 0.0207. The van der Waals surface area contributed by atoms with Crippen LogP contribution < -0.4 is 0 Å².